The van der Waals surface area contributed by atoms with Crippen LogP contribution >= 0.6 is 15.9 Å². The Hall–Kier alpha value is -2.05. The molecule has 0 bridgehead atoms. The third-order valence-electron chi connectivity index (χ3n) is 6.40. The first-order valence-corrected chi connectivity index (χ1v) is 10.7. The Morgan fingerprint density at radius 1 is 1.10 bits per heavy atom. The van der Waals surface area contributed by atoms with Crippen molar-refractivity contribution in [2.75, 3.05) is 47.4 Å². The fourth-order valence-electron chi connectivity index (χ4n) is 5.05. The number of nitrogens with zero attached hydrogens (tertiary/aromatic N) is 2. The van der Waals surface area contributed by atoms with Crippen molar-refractivity contribution in [1.82, 2.24) is 9.80 Å². The molecule has 5 nitrogen and oxygen atoms in total. The molecule has 0 N–H and O–H groups in total. The number of hydrogen-bond acceptors (Lipinski definition) is 4. The molecule has 0 unspecified atom stereocenters. The number of likely N-dealkylation sites (tertiary alicyclic amines) is 2. The quantitative estimate of drug-likeness (QED) is 0.698. The van der Waals surface area contributed by atoms with E-state index in [9.17, 15) is 4.79 Å². The number of halogens is 1. The summed E-state index contributed by atoms with van der Waals surface area (Å²) < 4.78 is 11.9. The van der Waals surface area contributed by atoms with E-state index in [1.807, 2.05) is 35.2 Å². The van der Waals surface area contributed by atoms with Gasteiger partial charge < -0.3 is 19.3 Å². The van der Waals surface area contributed by atoms with Gasteiger partial charge in [0.1, 0.15) is 0 Å². The Labute approximate surface area is 180 Å². The van der Waals surface area contributed by atoms with E-state index >= 15 is 0 Å². The highest BCUT2D eigenvalue weighted by atomic mass is 79.9. The topological polar surface area (TPSA) is 42.0 Å². The van der Waals surface area contributed by atoms with Gasteiger partial charge in [-0.1, -0.05) is 28.1 Å². The Morgan fingerprint density at radius 3 is 2.62 bits per heavy atom. The van der Waals surface area contributed by atoms with E-state index in [1.165, 1.54) is 5.56 Å². The molecule has 2 aliphatic heterocycles. The van der Waals surface area contributed by atoms with Crippen molar-refractivity contribution in [2.24, 2.45) is 5.92 Å². The number of amides is 1. The molecule has 2 atom stereocenters. The molecule has 2 fully saturated rings. The van der Waals surface area contributed by atoms with Gasteiger partial charge in [0.15, 0.2) is 11.5 Å². The van der Waals surface area contributed by atoms with Gasteiger partial charge in [0.2, 0.25) is 0 Å². The van der Waals surface area contributed by atoms with Crippen LogP contribution in [0, 0.1) is 5.92 Å². The second-order valence-electron chi connectivity index (χ2n) is 8.15. The van der Waals surface area contributed by atoms with E-state index < -0.39 is 0 Å². The highest BCUT2D eigenvalue weighted by molar-refractivity contribution is 9.10. The molecule has 0 aliphatic carbocycles. The monoisotopic (exact) mass is 458 g/mol. The lowest BCUT2D eigenvalue weighted by molar-refractivity contribution is 0.0589. The summed E-state index contributed by atoms with van der Waals surface area (Å²) in [6.45, 7) is 3.48. The van der Waals surface area contributed by atoms with Gasteiger partial charge in [0.25, 0.3) is 5.91 Å². The third kappa shape index (κ3) is 3.64. The molecular weight excluding hydrogens is 432 g/mol. The molecule has 29 heavy (non-hydrogen) atoms. The van der Waals surface area contributed by atoms with Crippen LogP contribution < -0.4 is 9.47 Å². The zero-order valence-electron chi connectivity index (χ0n) is 17.2. The summed E-state index contributed by atoms with van der Waals surface area (Å²) in [5.41, 5.74) is 1.84. The van der Waals surface area contributed by atoms with E-state index in [4.69, 9.17) is 9.47 Å². The number of benzene rings is 2. The van der Waals surface area contributed by atoms with Crippen LogP contribution in [0.3, 0.4) is 0 Å². The zero-order valence-corrected chi connectivity index (χ0v) is 18.7. The normalized spacial score (nSPS) is 24.3. The molecule has 0 saturated carbocycles. The number of piperidine rings is 1. The maximum Gasteiger partial charge on any atom is 0.253 e. The maximum atomic E-state index is 13.3. The second kappa shape index (κ2) is 8.00. The average Bonchev–Trinajstić information content (AvgIpc) is 3.08. The van der Waals surface area contributed by atoms with Crippen molar-refractivity contribution in [3.05, 3.63) is 58.1 Å². The van der Waals surface area contributed by atoms with Crippen LogP contribution in [0.4, 0.5) is 0 Å². The van der Waals surface area contributed by atoms with Crippen molar-refractivity contribution in [1.29, 1.82) is 0 Å². The van der Waals surface area contributed by atoms with Gasteiger partial charge in [0.05, 0.1) is 14.2 Å². The van der Waals surface area contributed by atoms with Crippen molar-refractivity contribution in [2.45, 2.75) is 11.8 Å². The van der Waals surface area contributed by atoms with Crippen molar-refractivity contribution in [3.63, 3.8) is 0 Å². The molecule has 4 rings (SSSR count). The van der Waals surface area contributed by atoms with Crippen LogP contribution in [0.25, 0.3) is 0 Å². The van der Waals surface area contributed by atoms with Gasteiger partial charge in [-0.15, -0.1) is 0 Å². The van der Waals surface area contributed by atoms with Crippen LogP contribution in [0.5, 0.6) is 11.5 Å². The minimum absolute atomic E-state index is 0.0964. The highest BCUT2D eigenvalue weighted by Crippen LogP contribution is 2.46. The largest absolute Gasteiger partial charge is 0.493 e. The molecule has 2 saturated heterocycles. The summed E-state index contributed by atoms with van der Waals surface area (Å²) in [4.78, 5) is 17.7. The maximum absolute atomic E-state index is 13.3. The number of methoxy groups -OCH3 is 2. The first-order valence-electron chi connectivity index (χ1n) is 9.93. The average molecular weight is 459 g/mol. The van der Waals surface area contributed by atoms with E-state index in [0.717, 1.165) is 47.6 Å². The molecule has 1 amide bonds. The standard InChI is InChI=1S/C23H27BrN2O3/c1-25-13-18-9-10-26(22(27)16-5-4-6-19(24)11-16)15-23(18,14-25)17-7-8-20(28-2)21(12-17)29-3/h4-8,11-12,18H,9-10,13-15H2,1-3H3/t18-,23-/m1/s1. The summed E-state index contributed by atoms with van der Waals surface area (Å²) in [6, 6.07) is 13.9. The van der Waals surface area contributed by atoms with Crippen LogP contribution in [0.1, 0.15) is 22.3 Å². The number of fused-ring (bicyclic) bond motifs is 1. The predicted molar refractivity (Wildman–Crippen MR) is 117 cm³/mol. The van der Waals surface area contributed by atoms with Crippen LogP contribution in [0.2, 0.25) is 0 Å². The Kier molecular flexibility index (Phi) is 5.58. The first kappa shape index (κ1) is 20.2. The molecule has 2 aliphatic rings. The van der Waals surface area contributed by atoms with Gasteiger partial charge in [-0.25, -0.2) is 0 Å². The summed E-state index contributed by atoms with van der Waals surface area (Å²) in [5.74, 6) is 2.08. The van der Waals surface area contributed by atoms with E-state index in [-0.39, 0.29) is 11.3 Å². The molecular formula is C23H27BrN2O3. The predicted octanol–water partition coefficient (Wildman–Crippen LogP) is 3.81. The molecule has 0 radical (unpaired) electrons. The lowest BCUT2D eigenvalue weighted by Gasteiger charge is -2.45. The fraction of sp³-hybridized carbons (Fsp3) is 0.435. The van der Waals surface area contributed by atoms with Crippen molar-refractivity contribution < 1.29 is 14.3 Å². The summed E-state index contributed by atoms with van der Waals surface area (Å²) >= 11 is 3.48. The number of rotatable bonds is 4. The molecule has 0 spiro atoms. The van der Waals surface area contributed by atoms with Gasteiger partial charge >= 0.3 is 0 Å². The molecule has 2 heterocycles. The van der Waals surface area contributed by atoms with E-state index in [1.54, 1.807) is 14.2 Å². The fourth-order valence-corrected chi connectivity index (χ4v) is 5.45. The van der Waals surface area contributed by atoms with Gasteiger partial charge in [-0.2, -0.15) is 0 Å². The van der Waals surface area contributed by atoms with E-state index in [0.29, 0.717) is 12.5 Å². The van der Waals surface area contributed by atoms with Crippen molar-refractivity contribution >= 4 is 21.8 Å². The number of likely N-dealkylation sites (N-methyl/N-ethyl adjacent to an activating group) is 1. The Bertz CT molecular complexity index is 919. The summed E-state index contributed by atoms with van der Waals surface area (Å²) in [7, 11) is 5.49. The minimum atomic E-state index is -0.103. The van der Waals surface area contributed by atoms with Crippen LogP contribution in [-0.4, -0.2) is 63.2 Å². The lowest BCUT2D eigenvalue weighted by atomic mass is 9.68. The Balaban J connectivity index is 1.70. The van der Waals surface area contributed by atoms with Crippen LogP contribution in [-0.2, 0) is 5.41 Å². The molecule has 154 valence electrons. The second-order valence-corrected chi connectivity index (χ2v) is 9.06. The summed E-state index contributed by atoms with van der Waals surface area (Å²) in [5, 5.41) is 0. The van der Waals surface area contributed by atoms with Crippen molar-refractivity contribution in [3.8, 4) is 11.5 Å². The van der Waals surface area contributed by atoms with Gasteiger partial charge in [-0.3, -0.25) is 4.79 Å². The first-order chi connectivity index (χ1) is 14.0. The zero-order chi connectivity index (χ0) is 20.6. The summed E-state index contributed by atoms with van der Waals surface area (Å²) in [6.07, 6.45) is 0.998. The van der Waals surface area contributed by atoms with Gasteiger partial charge in [-0.05, 0) is 55.3 Å². The number of carbonyl (C=O) groups is 1. The highest BCUT2D eigenvalue weighted by Gasteiger charge is 2.51. The Morgan fingerprint density at radius 2 is 1.90 bits per heavy atom. The number of hydrogen-bond donors (Lipinski definition) is 0. The SMILES string of the molecule is COc1ccc([C@]23CN(C)C[C@H]2CCN(C(=O)c2cccc(Br)c2)C3)cc1OC. The molecule has 6 heteroatoms. The van der Waals surface area contributed by atoms with Gasteiger partial charge in [0, 0.05) is 41.6 Å². The van der Waals surface area contributed by atoms with Crippen LogP contribution in [0.15, 0.2) is 46.9 Å². The number of carbonyl (C=O) groups excluding carboxylic acids is 1. The molecule has 2 aromatic rings. The lowest BCUT2D eigenvalue weighted by Crippen LogP contribution is -2.53. The molecule has 2 aromatic carbocycles. The molecule has 0 aromatic heterocycles. The number of ether oxygens (including phenoxy) is 2. The third-order valence-corrected chi connectivity index (χ3v) is 6.90. The minimum Gasteiger partial charge on any atom is -0.493 e. The smallest absolute Gasteiger partial charge is 0.253 e. The van der Waals surface area contributed by atoms with E-state index in [2.05, 4.69) is 40.0 Å².